The fourth-order valence-electron chi connectivity index (χ4n) is 3.81. The number of nitrogens with zero attached hydrogens (tertiary/aromatic N) is 3. The zero-order valence-electron chi connectivity index (χ0n) is 16.0. The second kappa shape index (κ2) is 7.32. The summed E-state index contributed by atoms with van der Waals surface area (Å²) in [4.78, 5) is 31.1. The Hall–Kier alpha value is -2.79. The van der Waals surface area contributed by atoms with Crippen molar-refractivity contribution in [3.05, 3.63) is 70.4 Å². The van der Waals surface area contributed by atoms with Gasteiger partial charge in [0.2, 0.25) is 0 Å². The number of hydrogen-bond acceptors (Lipinski definition) is 4. The third-order valence-electron chi connectivity index (χ3n) is 5.36. The largest absolute Gasteiger partial charge is 0.368 e. The SMILES string of the molecule is Cc1cccc(N2CCN(C3=C(c4ccc(Cl)cc4)C(=O)N(C)C3=O)CC2)c1. The number of carbonyl (C=O) groups excluding carboxylic acids is 2. The highest BCUT2D eigenvalue weighted by Crippen LogP contribution is 2.32. The first-order valence-electron chi connectivity index (χ1n) is 9.35. The van der Waals surface area contributed by atoms with Gasteiger partial charge in [0.05, 0.1) is 5.57 Å². The molecule has 2 aromatic carbocycles. The molecule has 0 aromatic heterocycles. The van der Waals surface area contributed by atoms with E-state index in [1.54, 1.807) is 24.3 Å². The number of likely N-dealkylation sites (N-methyl/N-ethyl adjacent to an activating group) is 1. The molecule has 144 valence electrons. The first kappa shape index (κ1) is 18.6. The summed E-state index contributed by atoms with van der Waals surface area (Å²) < 4.78 is 0. The summed E-state index contributed by atoms with van der Waals surface area (Å²) in [5.41, 5.74) is 4.11. The van der Waals surface area contributed by atoms with E-state index in [-0.39, 0.29) is 11.8 Å². The molecule has 2 aliphatic rings. The van der Waals surface area contributed by atoms with Gasteiger partial charge in [-0.15, -0.1) is 0 Å². The van der Waals surface area contributed by atoms with Gasteiger partial charge in [-0.3, -0.25) is 14.5 Å². The van der Waals surface area contributed by atoms with Crippen molar-refractivity contribution in [2.24, 2.45) is 0 Å². The van der Waals surface area contributed by atoms with E-state index in [0.29, 0.717) is 29.4 Å². The standard InChI is InChI=1S/C22H22ClN3O2/c1-15-4-3-5-18(14-15)25-10-12-26(13-11-25)20-19(21(27)24(2)22(20)28)16-6-8-17(23)9-7-16/h3-9,14H,10-13H2,1-2H3. The number of piperazine rings is 1. The molecule has 5 nitrogen and oxygen atoms in total. The maximum absolute atomic E-state index is 12.8. The molecule has 2 aromatic rings. The van der Waals surface area contributed by atoms with E-state index >= 15 is 0 Å². The second-order valence-electron chi connectivity index (χ2n) is 7.21. The van der Waals surface area contributed by atoms with Crippen molar-refractivity contribution in [2.75, 3.05) is 38.1 Å². The Morgan fingerprint density at radius 3 is 2.14 bits per heavy atom. The molecular formula is C22H22ClN3O2. The van der Waals surface area contributed by atoms with Crippen molar-refractivity contribution in [1.82, 2.24) is 9.80 Å². The van der Waals surface area contributed by atoms with Crippen molar-refractivity contribution in [2.45, 2.75) is 6.92 Å². The van der Waals surface area contributed by atoms with Crippen LogP contribution in [0.4, 0.5) is 5.69 Å². The van der Waals surface area contributed by atoms with E-state index in [1.165, 1.54) is 23.2 Å². The number of benzene rings is 2. The number of halogens is 1. The number of aryl methyl sites for hydroxylation is 1. The Labute approximate surface area is 169 Å². The molecule has 1 fully saturated rings. The van der Waals surface area contributed by atoms with Gasteiger partial charge in [0.15, 0.2) is 0 Å². The van der Waals surface area contributed by atoms with E-state index in [0.717, 1.165) is 18.7 Å². The van der Waals surface area contributed by atoms with Crippen LogP contribution in [-0.2, 0) is 9.59 Å². The Balaban J connectivity index is 1.62. The molecule has 0 N–H and O–H groups in total. The first-order chi connectivity index (χ1) is 13.5. The molecule has 0 bridgehead atoms. The molecule has 1 saturated heterocycles. The predicted octanol–water partition coefficient (Wildman–Crippen LogP) is 3.18. The van der Waals surface area contributed by atoms with Gasteiger partial charge in [0.1, 0.15) is 5.70 Å². The summed E-state index contributed by atoms with van der Waals surface area (Å²) in [6.07, 6.45) is 0. The molecular weight excluding hydrogens is 374 g/mol. The Morgan fingerprint density at radius 2 is 1.50 bits per heavy atom. The molecule has 0 unspecified atom stereocenters. The molecule has 2 heterocycles. The van der Waals surface area contributed by atoms with Crippen LogP contribution < -0.4 is 4.90 Å². The van der Waals surface area contributed by atoms with Gasteiger partial charge in [-0.2, -0.15) is 0 Å². The molecule has 0 radical (unpaired) electrons. The first-order valence-corrected chi connectivity index (χ1v) is 9.72. The number of hydrogen-bond donors (Lipinski definition) is 0. The lowest BCUT2D eigenvalue weighted by Gasteiger charge is -2.37. The van der Waals surface area contributed by atoms with Crippen molar-refractivity contribution >= 4 is 34.7 Å². The lowest BCUT2D eigenvalue weighted by atomic mass is 10.0. The van der Waals surface area contributed by atoms with Crippen LogP contribution in [0.15, 0.2) is 54.2 Å². The highest BCUT2D eigenvalue weighted by atomic mass is 35.5. The van der Waals surface area contributed by atoms with Gasteiger partial charge in [0.25, 0.3) is 11.8 Å². The number of imide groups is 1. The lowest BCUT2D eigenvalue weighted by Crippen LogP contribution is -2.47. The van der Waals surface area contributed by atoms with Crippen LogP contribution >= 0.6 is 11.6 Å². The van der Waals surface area contributed by atoms with Crippen LogP contribution in [0.3, 0.4) is 0 Å². The molecule has 0 saturated carbocycles. The van der Waals surface area contributed by atoms with Crippen molar-refractivity contribution in [3.63, 3.8) is 0 Å². The van der Waals surface area contributed by atoms with Crippen LogP contribution in [0.5, 0.6) is 0 Å². The highest BCUT2D eigenvalue weighted by Gasteiger charge is 2.40. The van der Waals surface area contributed by atoms with E-state index in [9.17, 15) is 9.59 Å². The fourth-order valence-corrected chi connectivity index (χ4v) is 3.94. The monoisotopic (exact) mass is 395 g/mol. The predicted molar refractivity (Wildman–Crippen MR) is 111 cm³/mol. The van der Waals surface area contributed by atoms with Gasteiger partial charge in [0, 0.05) is 43.9 Å². The summed E-state index contributed by atoms with van der Waals surface area (Å²) in [7, 11) is 1.54. The Morgan fingerprint density at radius 1 is 0.857 bits per heavy atom. The van der Waals surface area contributed by atoms with E-state index in [4.69, 9.17) is 11.6 Å². The maximum atomic E-state index is 12.8. The minimum absolute atomic E-state index is 0.237. The summed E-state index contributed by atoms with van der Waals surface area (Å²) >= 11 is 5.99. The number of anilines is 1. The Kier molecular flexibility index (Phi) is 4.85. The summed E-state index contributed by atoms with van der Waals surface area (Å²) in [6.45, 7) is 5.06. The number of rotatable bonds is 3. The summed E-state index contributed by atoms with van der Waals surface area (Å²) in [5, 5.41) is 0.600. The molecule has 4 rings (SSSR count). The van der Waals surface area contributed by atoms with Crippen molar-refractivity contribution in [3.8, 4) is 0 Å². The van der Waals surface area contributed by atoms with E-state index in [1.807, 2.05) is 4.90 Å². The van der Waals surface area contributed by atoms with Crippen LogP contribution in [0.1, 0.15) is 11.1 Å². The minimum atomic E-state index is -0.261. The summed E-state index contributed by atoms with van der Waals surface area (Å²) in [5.74, 6) is -0.498. The molecule has 0 atom stereocenters. The third kappa shape index (κ3) is 3.27. The third-order valence-corrected chi connectivity index (χ3v) is 5.61. The Bertz CT molecular complexity index is 960. The van der Waals surface area contributed by atoms with Crippen LogP contribution in [0.25, 0.3) is 5.57 Å². The van der Waals surface area contributed by atoms with Crippen LogP contribution in [-0.4, -0.2) is 54.8 Å². The van der Waals surface area contributed by atoms with Gasteiger partial charge < -0.3 is 9.80 Å². The average Bonchev–Trinajstić information content (AvgIpc) is 2.93. The number of amides is 2. The summed E-state index contributed by atoms with van der Waals surface area (Å²) in [6, 6.07) is 15.5. The van der Waals surface area contributed by atoms with Crippen LogP contribution in [0.2, 0.25) is 5.02 Å². The molecule has 28 heavy (non-hydrogen) atoms. The average molecular weight is 396 g/mol. The normalized spacial score (nSPS) is 17.8. The van der Waals surface area contributed by atoms with Crippen molar-refractivity contribution < 1.29 is 9.59 Å². The number of carbonyl (C=O) groups is 2. The molecule has 2 aliphatic heterocycles. The van der Waals surface area contributed by atoms with Gasteiger partial charge in [-0.1, -0.05) is 35.9 Å². The molecule has 2 amide bonds. The lowest BCUT2D eigenvalue weighted by molar-refractivity contribution is -0.135. The van der Waals surface area contributed by atoms with Gasteiger partial charge in [-0.05, 0) is 42.3 Å². The van der Waals surface area contributed by atoms with E-state index < -0.39 is 0 Å². The zero-order chi connectivity index (χ0) is 19.8. The highest BCUT2D eigenvalue weighted by molar-refractivity contribution is 6.35. The second-order valence-corrected chi connectivity index (χ2v) is 7.65. The van der Waals surface area contributed by atoms with Gasteiger partial charge in [-0.25, -0.2) is 0 Å². The minimum Gasteiger partial charge on any atom is -0.368 e. The molecule has 0 aliphatic carbocycles. The fraction of sp³-hybridized carbons (Fsp3) is 0.273. The van der Waals surface area contributed by atoms with E-state index in [2.05, 4.69) is 36.1 Å². The molecule has 0 spiro atoms. The van der Waals surface area contributed by atoms with Gasteiger partial charge >= 0.3 is 0 Å². The topological polar surface area (TPSA) is 43.9 Å². The molecule has 6 heteroatoms. The maximum Gasteiger partial charge on any atom is 0.277 e. The zero-order valence-corrected chi connectivity index (χ0v) is 16.7. The quantitative estimate of drug-likeness (QED) is 0.749. The van der Waals surface area contributed by atoms with Crippen molar-refractivity contribution in [1.29, 1.82) is 0 Å². The smallest absolute Gasteiger partial charge is 0.277 e. The van der Waals surface area contributed by atoms with Crippen LogP contribution in [0, 0.1) is 6.92 Å².